The highest BCUT2D eigenvalue weighted by Gasteiger charge is 2.06. The molecular formula is C19H23N3O4. The minimum atomic E-state index is -0.722. The fourth-order valence-corrected chi connectivity index (χ4v) is 2.18. The van der Waals surface area contributed by atoms with E-state index in [1.807, 2.05) is 38.1 Å². The lowest BCUT2D eigenvalue weighted by Crippen LogP contribution is -2.24. The Bertz CT molecular complexity index is 762. The van der Waals surface area contributed by atoms with Crippen LogP contribution in [-0.2, 0) is 0 Å². The summed E-state index contributed by atoms with van der Waals surface area (Å²) in [5.74, 6) is 2.04. The number of nitrogens with one attached hydrogen (secondary N) is 1. The number of primary amides is 1. The minimum absolute atomic E-state index is 0.380. The van der Waals surface area contributed by atoms with Crippen molar-refractivity contribution in [3.8, 4) is 17.2 Å². The quantitative estimate of drug-likeness (QED) is 0.410. The van der Waals surface area contributed by atoms with Gasteiger partial charge in [0.1, 0.15) is 19.0 Å². The average molecular weight is 357 g/mol. The molecule has 0 aliphatic rings. The summed E-state index contributed by atoms with van der Waals surface area (Å²) in [6, 6.07) is 12.5. The Labute approximate surface area is 152 Å². The van der Waals surface area contributed by atoms with Crippen LogP contribution in [-0.4, -0.2) is 32.1 Å². The van der Waals surface area contributed by atoms with Gasteiger partial charge in [0.25, 0.3) is 0 Å². The van der Waals surface area contributed by atoms with Gasteiger partial charge in [0, 0.05) is 0 Å². The second-order valence-electron chi connectivity index (χ2n) is 5.34. The number of amides is 2. The lowest BCUT2D eigenvalue weighted by atomic mass is 10.2. The zero-order chi connectivity index (χ0) is 18.8. The Balaban J connectivity index is 1.94. The maximum absolute atomic E-state index is 10.6. The molecule has 2 amide bonds. The molecule has 0 atom stereocenters. The number of benzene rings is 2. The maximum atomic E-state index is 10.6. The van der Waals surface area contributed by atoms with Crippen molar-refractivity contribution >= 4 is 12.2 Å². The van der Waals surface area contributed by atoms with E-state index in [1.54, 1.807) is 18.2 Å². The lowest BCUT2D eigenvalue weighted by Gasteiger charge is -2.13. The summed E-state index contributed by atoms with van der Waals surface area (Å²) in [5, 5.41) is 3.72. The number of hydrazone groups is 1. The molecule has 2 aromatic rings. The van der Waals surface area contributed by atoms with Crippen molar-refractivity contribution in [1.29, 1.82) is 0 Å². The number of hydrogen-bond donors (Lipinski definition) is 2. The number of ether oxygens (including phenoxy) is 3. The van der Waals surface area contributed by atoms with Gasteiger partial charge in [0.15, 0.2) is 11.5 Å². The van der Waals surface area contributed by atoms with E-state index in [2.05, 4.69) is 10.5 Å². The molecular weight excluding hydrogens is 334 g/mol. The van der Waals surface area contributed by atoms with Crippen LogP contribution in [0.4, 0.5) is 4.79 Å². The number of nitrogens with zero attached hydrogens (tertiary/aromatic N) is 1. The number of rotatable bonds is 9. The van der Waals surface area contributed by atoms with Gasteiger partial charge in [-0.25, -0.2) is 10.2 Å². The number of hydrogen-bond acceptors (Lipinski definition) is 5. The Morgan fingerprint density at radius 1 is 1.08 bits per heavy atom. The molecule has 0 aliphatic carbocycles. The first-order valence-electron chi connectivity index (χ1n) is 8.26. The summed E-state index contributed by atoms with van der Waals surface area (Å²) < 4.78 is 17.1. The van der Waals surface area contributed by atoms with Gasteiger partial charge in [0.2, 0.25) is 0 Å². The number of carbonyl (C=O) groups excluding carboxylic acids is 1. The highest BCUT2D eigenvalue weighted by Crippen LogP contribution is 2.28. The molecule has 0 unspecified atom stereocenters. The average Bonchev–Trinajstić information content (AvgIpc) is 2.61. The molecule has 0 spiro atoms. The van der Waals surface area contributed by atoms with Crippen LogP contribution in [0.1, 0.15) is 18.1 Å². The van der Waals surface area contributed by atoms with Gasteiger partial charge in [-0.2, -0.15) is 5.10 Å². The topological polar surface area (TPSA) is 95.2 Å². The summed E-state index contributed by atoms with van der Waals surface area (Å²) in [4.78, 5) is 10.6. The van der Waals surface area contributed by atoms with Crippen LogP contribution in [0.25, 0.3) is 0 Å². The van der Waals surface area contributed by atoms with E-state index in [1.165, 1.54) is 6.21 Å². The van der Waals surface area contributed by atoms with E-state index in [0.717, 1.165) is 16.9 Å². The first-order valence-corrected chi connectivity index (χ1v) is 8.26. The van der Waals surface area contributed by atoms with Crippen molar-refractivity contribution in [3.05, 3.63) is 53.6 Å². The molecule has 0 radical (unpaired) electrons. The van der Waals surface area contributed by atoms with Gasteiger partial charge >= 0.3 is 6.03 Å². The molecule has 0 aliphatic heterocycles. The van der Waals surface area contributed by atoms with Crippen molar-refractivity contribution in [2.24, 2.45) is 10.8 Å². The first kappa shape index (κ1) is 19.1. The SMILES string of the molecule is CCOc1cc(C=NNC(N)=O)ccc1OCCOc1ccccc1C. The Morgan fingerprint density at radius 2 is 1.81 bits per heavy atom. The summed E-state index contributed by atoms with van der Waals surface area (Å²) in [6.07, 6.45) is 1.47. The van der Waals surface area contributed by atoms with Gasteiger partial charge < -0.3 is 19.9 Å². The van der Waals surface area contributed by atoms with Crippen LogP contribution in [0.3, 0.4) is 0 Å². The smallest absolute Gasteiger partial charge is 0.332 e. The van der Waals surface area contributed by atoms with Gasteiger partial charge in [-0.05, 0) is 49.2 Å². The molecule has 0 fully saturated rings. The highest BCUT2D eigenvalue weighted by atomic mass is 16.5. The fraction of sp³-hybridized carbons (Fsp3) is 0.263. The molecule has 26 heavy (non-hydrogen) atoms. The molecule has 7 heteroatoms. The van der Waals surface area contributed by atoms with Crippen LogP contribution in [0.2, 0.25) is 0 Å². The molecule has 7 nitrogen and oxygen atoms in total. The Kier molecular flexibility index (Phi) is 7.30. The molecule has 2 aromatic carbocycles. The van der Waals surface area contributed by atoms with E-state index < -0.39 is 6.03 Å². The fourth-order valence-electron chi connectivity index (χ4n) is 2.18. The maximum Gasteiger partial charge on any atom is 0.332 e. The van der Waals surface area contributed by atoms with Crippen molar-refractivity contribution in [2.75, 3.05) is 19.8 Å². The van der Waals surface area contributed by atoms with E-state index >= 15 is 0 Å². The standard InChI is InChI=1S/C19H23N3O4/c1-3-24-18-12-15(13-21-22-19(20)23)8-9-17(18)26-11-10-25-16-7-5-4-6-14(16)2/h4-9,12-13H,3,10-11H2,1-2H3,(H3,20,22,23). The largest absolute Gasteiger partial charge is 0.490 e. The van der Waals surface area contributed by atoms with Crippen LogP contribution >= 0.6 is 0 Å². The summed E-state index contributed by atoms with van der Waals surface area (Å²) >= 11 is 0. The first-order chi connectivity index (χ1) is 12.6. The van der Waals surface area contributed by atoms with Gasteiger partial charge in [-0.15, -0.1) is 0 Å². The summed E-state index contributed by atoms with van der Waals surface area (Å²) in [7, 11) is 0. The molecule has 138 valence electrons. The predicted molar refractivity (Wildman–Crippen MR) is 100 cm³/mol. The molecule has 3 N–H and O–H groups in total. The summed E-state index contributed by atoms with van der Waals surface area (Å²) in [5.41, 5.74) is 8.92. The van der Waals surface area contributed by atoms with E-state index in [0.29, 0.717) is 31.3 Å². The Morgan fingerprint density at radius 3 is 2.50 bits per heavy atom. The number of carbonyl (C=O) groups is 1. The molecule has 0 bridgehead atoms. The molecule has 0 heterocycles. The van der Waals surface area contributed by atoms with E-state index in [4.69, 9.17) is 19.9 Å². The third kappa shape index (κ3) is 6.01. The van der Waals surface area contributed by atoms with Gasteiger partial charge in [-0.3, -0.25) is 0 Å². The normalized spacial score (nSPS) is 10.5. The van der Waals surface area contributed by atoms with Crippen LogP contribution in [0.5, 0.6) is 17.2 Å². The van der Waals surface area contributed by atoms with E-state index in [-0.39, 0.29) is 0 Å². The lowest BCUT2D eigenvalue weighted by molar-refractivity contribution is 0.207. The van der Waals surface area contributed by atoms with Crippen molar-refractivity contribution in [1.82, 2.24) is 5.43 Å². The highest BCUT2D eigenvalue weighted by molar-refractivity contribution is 5.82. The van der Waals surface area contributed by atoms with Crippen LogP contribution in [0, 0.1) is 6.92 Å². The molecule has 0 aromatic heterocycles. The number of nitrogens with two attached hydrogens (primary N) is 1. The van der Waals surface area contributed by atoms with E-state index in [9.17, 15) is 4.79 Å². The number of para-hydroxylation sites is 1. The zero-order valence-corrected chi connectivity index (χ0v) is 14.9. The second-order valence-corrected chi connectivity index (χ2v) is 5.34. The third-order valence-electron chi connectivity index (χ3n) is 3.35. The van der Waals surface area contributed by atoms with Crippen LogP contribution < -0.4 is 25.4 Å². The molecule has 0 saturated heterocycles. The van der Waals surface area contributed by atoms with Gasteiger partial charge in [-0.1, -0.05) is 18.2 Å². The summed E-state index contributed by atoms with van der Waals surface area (Å²) in [6.45, 7) is 5.18. The third-order valence-corrected chi connectivity index (χ3v) is 3.35. The van der Waals surface area contributed by atoms with Crippen molar-refractivity contribution in [2.45, 2.75) is 13.8 Å². The number of urea groups is 1. The predicted octanol–water partition coefficient (Wildman–Crippen LogP) is 2.85. The second kappa shape index (κ2) is 9.93. The van der Waals surface area contributed by atoms with Crippen LogP contribution in [0.15, 0.2) is 47.6 Å². The minimum Gasteiger partial charge on any atom is -0.490 e. The monoisotopic (exact) mass is 357 g/mol. The van der Waals surface area contributed by atoms with Gasteiger partial charge in [0.05, 0.1) is 12.8 Å². The molecule has 2 rings (SSSR count). The van der Waals surface area contributed by atoms with Crippen molar-refractivity contribution in [3.63, 3.8) is 0 Å². The molecule has 0 saturated carbocycles. The number of aryl methyl sites for hydroxylation is 1. The van der Waals surface area contributed by atoms with Crippen molar-refractivity contribution < 1.29 is 19.0 Å². The Hall–Kier alpha value is -3.22. The zero-order valence-electron chi connectivity index (χ0n) is 14.9.